The van der Waals surface area contributed by atoms with Gasteiger partial charge in [0.1, 0.15) is 0 Å². The molecule has 0 aliphatic carbocycles. The van der Waals surface area contributed by atoms with Gasteiger partial charge in [-0.3, -0.25) is 0 Å². The fourth-order valence-corrected chi connectivity index (χ4v) is 2.46. The van der Waals surface area contributed by atoms with Crippen molar-refractivity contribution in [3.05, 3.63) is 35.4 Å². The minimum Gasteiger partial charge on any atom is -0.212 e. The molecule has 0 atom stereocenters. The molecule has 102 valence electrons. The Bertz CT molecular complexity index is 482. The molecule has 0 unspecified atom stereocenters. The van der Waals surface area contributed by atoms with Gasteiger partial charge in [0.15, 0.2) is 0 Å². The molecule has 0 heterocycles. The molecule has 0 radical (unpaired) electrons. The van der Waals surface area contributed by atoms with Crippen LogP contribution in [0.15, 0.2) is 24.3 Å². The summed E-state index contributed by atoms with van der Waals surface area (Å²) in [5.41, 5.74) is 2.46. The topological polar surface area (TPSA) is 37.4 Å². The largest absolute Gasteiger partial charge is 0.213 e. The highest BCUT2D eigenvalue weighted by Gasteiger charge is 2.15. The van der Waals surface area contributed by atoms with E-state index < -0.39 is 10.0 Å². The van der Waals surface area contributed by atoms with Crippen molar-refractivity contribution in [2.45, 2.75) is 32.6 Å². The fourth-order valence-electron chi connectivity index (χ4n) is 1.60. The highest BCUT2D eigenvalue weighted by molar-refractivity contribution is 7.89. The van der Waals surface area contributed by atoms with Crippen molar-refractivity contribution < 1.29 is 8.42 Å². The van der Waals surface area contributed by atoms with E-state index in [1.165, 1.54) is 9.87 Å². The Morgan fingerprint density at radius 3 is 1.94 bits per heavy atom. The Morgan fingerprint density at radius 2 is 1.56 bits per heavy atom. The van der Waals surface area contributed by atoms with Crippen LogP contribution in [-0.4, -0.2) is 32.6 Å². The summed E-state index contributed by atoms with van der Waals surface area (Å²) in [6.07, 6.45) is 0.560. The third-order valence-corrected chi connectivity index (χ3v) is 4.86. The molecule has 0 saturated carbocycles. The summed E-state index contributed by atoms with van der Waals surface area (Å²) in [5.74, 6) is 0.162. The normalized spacial score (nSPS) is 13.0. The zero-order chi connectivity index (χ0) is 14.0. The van der Waals surface area contributed by atoms with Gasteiger partial charge in [-0.2, -0.15) is 0 Å². The van der Waals surface area contributed by atoms with Crippen LogP contribution in [-0.2, 0) is 21.9 Å². The SMILES string of the molecule is CN(C)S(=O)(=O)CCc1ccc(C(C)(C)C)cc1. The second-order valence-electron chi connectivity index (χ2n) is 5.80. The molecule has 1 rings (SSSR count). The van der Waals surface area contributed by atoms with Gasteiger partial charge in [0.2, 0.25) is 10.0 Å². The first-order valence-corrected chi connectivity index (χ1v) is 7.73. The number of aryl methyl sites for hydroxylation is 1. The van der Waals surface area contributed by atoms with E-state index in [0.717, 1.165) is 5.56 Å². The number of rotatable bonds is 4. The van der Waals surface area contributed by atoms with Crippen LogP contribution < -0.4 is 0 Å². The molecular formula is C14H23NO2S. The third-order valence-electron chi connectivity index (χ3n) is 3.02. The molecule has 4 heteroatoms. The highest BCUT2D eigenvalue weighted by atomic mass is 32.2. The number of benzene rings is 1. The van der Waals surface area contributed by atoms with Crippen LogP contribution in [0.2, 0.25) is 0 Å². The quantitative estimate of drug-likeness (QED) is 0.842. The van der Waals surface area contributed by atoms with Gasteiger partial charge in [0.25, 0.3) is 0 Å². The lowest BCUT2D eigenvalue weighted by Gasteiger charge is -2.19. The van der Waals surface area contributed by atoms with E-state index in [1.807, 2.05) is 12.1 Å². The lowest BCUT2D eigenvalue weighted by Crippen LogP contribution is -2.26. The lowest BCUT2D eigenvalue weighted by molar-refractivity contribution is 0.520. The molecule has 0 aliphatic heterocycles. The summed E-state index contributed by atoms with van der Waals surface area (Å²) in [6.45, 7) is 6.50. The number of sulfonamides is 1. The van der Waals surface area contributed by atoms with E-state index in [4.69, 9.17) is 0 Å². The Labute approximate surface area is 111 Å². The average Bonchev–Trinajstić information content (AvgIpc) is 2.25. The molecule has 0 spiro atoms. The number of hydrogen-bond acceptors (Lipinski definition) is 2. The molecule has 18 heavy (non-hydrogen) atoms. The van der Waals surface area contributed by atoms with Crippen LogP contribution in [0.25, 0.3) is 0 Å². The van der Waals surface area contributed by atoms with Crippen molar-refractivity contribution in [2.75, 3.05) is 19.8 Å². The molecule has 0 N–H and O–H groups in total. The molecule has 3 nitrogen and oxygen atoms in total. The molecule has 0 amide bonds. The van der Waals surface area contributed by atoms with E-state index in [2.05, 4.69) is 32.9 Å². The number of hydrogen-bond donors (Lipinski definition) is 0. The minimum absolute atomic E-state index is 0.133. The number of nitrogens with zero attached hydrogens (tertiary/aromatic N) is 1. The third kappa shape index (κ3) is 4.10. The van der Waals surface area contributed by atoms with Crippen LogP contribution >= 0.6 is 0 Å². The van der Waals surface area contributed by atoms with Gasteiger partial charge in [-0.15, -0.1) is 0 Å². The predicted octanol–water partition coefficient (Wildman–Crippen LogP) is 2.42. The van der Waals surface area contributed by atoms with Crippen molar-refractivity contribution in [2.24, 2.45) is 0 Å². The van der Waals surface area contributed by atoms with Crippen molar-refractivity contribution in [1.29, 1.82) is 0 Å². The second-order valence-corrected chi connectivity index (χ2v) is 8.10. The summed E-state index contributed by atoms with van der Waals surface area (Å²) in [6, 6.07) is 8.20. The zero-order valence-corrected chi connectivity index (χ0v) is 12.7. The predicted molar refractivity (Wildman–Crippen MR) is 76.3 cm³/mol. The van der Waals surface area contributed by atoms with E-state index in [-0.39, 0.29) is 11.2 Å². The maximum Gasteiger partial charge on any atom is 0.213 e. The molecule has 0 saturated heterocycles. The van der Waals surface area contributed by atoms with Crippen LogP contribution in [0, 0.1) is 0 Å². The van der Waals surface area contributed by atoms with Crippen molar-refractivity contribution in [1.82, 2.24) is 4.31 Å². The Balaban J connectivity index is 2.72. The monoisotopic (exact) mass is 269 g/mol. The van der Waals surface area contributed by atoms with Crippen LogP contribution in [0.4, 0.5) is 0 Å². The zero-order valence-electron chi connectivity index (χ0n) is 11.9. The van der Waals surface area contributed by atoms with Gasteiger partial charge in [-0.1, -0.05) is 45.0 Å². The van der Waals surface area contributed by atoms with Crippen LogP contribution in [0.1, 0.15) is 31.9 Å². The standard InChI is InChI=1S/C14H23NO2S/c1-14(2,3)13-8-6-12(7-9-13)10-11-18(16,17)15(4)5/h6-9H,10-11H2,1-5H3. The maximum atomic E-state index is 11.7. The van der Waals surface area contributed by atoms with E-state index >= 15 is 0 Å². The fraction of sp³-hybridized carbons (Fsp3) is 0.571. The molecule has 0 fully saturated rings. The molecule has 0 aliphatic rings. The Morgan fingerprint density at radius 1 is 1.06 bits per heavy atom. The van der Waals surface area contributed by atoms with Gasteiger partial charge in [-0.05, 0) is 23.0 Å². The maximum absolute atomic E-state index is 11.7. The first-order chi connectivity index (χ1) is 8.13. The summed E-state index contributed by atoms with van der Waals surface area (Å²) in [4.78, 5) is 0. The van der Waals surface area contributed by atoms with Crippen molar-refractivity contribution in [3.8, 4) is 0 Å². The average molecular weight is 269 g/mol. The summed E-state index contributed by atoms with van der Waals surface area (Å²) in [7, 11) is 0.0334. The summed E-state index contributed by atoms with van der Waals surface area (Å²) >= 11 is 0. The molecule has 1 aromatic carbocycles. The van der Waals surface area contributed by atoms with Crippen LogP contribution in [0.5, 0.6) is 0 Å². The van der Waals surface area contributed by atoms with E-state index in [9.17, 15) is 8.42 Å². The smallest absolute Gasteiger partial charge is 0.212 e. The molecule has 0 bridgehead atoms. The van der Waals surface area contributed by atoms with E-state index in [1.54, 1.807) is 14.1 Å². The van der Waals surface area contributed by atoms with E-state index in [0.29, 0.717) is 6.42 Å². The first kappa shape index (κ1) is 15.2. The van der Waals surface area contributed by atoms with Gasteiger partial charge in [0, 0.05) is 14.1 Å². The Kier molecular flexibility index (Phi) is 4.56. The highest BCUT2D eigenvalue weighted by Crippen LogP contribution is 2.22. The lowest BCUT2D eigenvalue weighted by atomic mass is 9.86. The van der Waals surface area contributed by atoms with Gasteiger partial charge in [0.05, 0.1) is 5.75 Å². The van der Waals surface area contributed by atoms with Crippen molar-refractivity contribution in [3.63, 3.8) is 0 Å². The minimum atomic E-state index is -3.10. The summed E-state index contributed by atoms with van der Waals surface area (Å²) in [5, 5.41) is 0. The van der Waals surface area contributed by atoms with Crippen LogP contribution in [0.3, 0.4) is 0 Å². The first-order valence-electron chi connectivity index (χ1n) is 6.12. The summed E-state index contributed by atoms with van der Waals surface area (Å²) < 4.78 is 24.6. The van der Waals surface area contributed by atoms with Crippen molar-refractivity contribution >= 4 is 10.0 Å². The Hall–Kier alpha value is -0.870. The molecular weight excluding hydrogens is 246 g/mol. The van der Waals surface area contributed by atoms with Gasteiger partial charge in [-0.25, -0.2) is 12.7 Å². The van der Waals surface area contributed by atoms with Gasteiger partial charge >= 0.3 is 0 Å². The van der Waals surface area contributed by atoms with Gasteiger partial charge < -0.3 is 0 Å². The molecule has 1 aromatic rings. The second kappa shape index (κ2) is 5.41. The molecule has 0 aromatic heterocycles.